The van der Waals surface area contributed by atoms with E-state index in [0.29, 0.717) is 0 Å². The summed E-state index contributed by atoms with van der Waals surface area (Å²) in [5, 5.41) is 15.5. The first-order valence-corrected chi connectivity index (χ1v) is 8.84. The molecule has 0 aliphatic carbocycles. The van der Waals surface area contributed by atoms with Crippen molar-refractivity contribution in [2.24, 2.45) is 0 Å². The molecule has 3 rings (SSSR count). The minimum absolute atomic E-state index is 0.0188. The van der Waals surface area contributed by atoms with Crippen LogP contribution in [-0.4, -0.2) is 61.7 Å². The van der Waals surface area contributed by atoms with E-state index < -0.39 is 24.0 Å². The lowest BCUT2D eigenvalue weighted by molar-refractivity contribution is -0.125. The molecule has 27 heavy (non-hydrogen) atoms. The maximum absolute atomic E-state index is 12.4. The van der Waals surface area contributed by atoms with Crippen LogP contribution in [0.4, 0.5) is 4.79 Å². The second-order valence-electron chi connectivity index (χ2n) is 5.61. The summed E-state index contributed by atoms with van der Waals surface area (Å²) < 4.78 is 0.781. The summed E-state index contributed by atoms with van der Waals surface area (Å²) in [6, 6.07) is 6.11. The van der Waals surface area contributed by atoms with Crippen molar-refractivity contribution in [2.45, 2.75) is 6.54 Å². The Balaban J connectivity index is 1.72. The van der Waals surface area contributed by atoms with Crippen LogP contribution in [-0.2, 0) is 16.1 Å². The van der Waals surface area contributed by atoms with E-state index in [1.165, 1.54) is 12.1 Å². The van der Waals surface area contributed by atoms with Gasteiger partial charge in [-0.1, -0.05) is 30.0 Å². The largest absolute Gasteiger partial charge is 0.476 e. The summed E-state index contributed by atoms with van der Waals surface area (Å²) in [6.07, 6.45) is 0. The summed E-state index contributed by atoms with van der Waals surface area (Å²) >= 11 is 0.896. The lowest BCUT2D eigenvalue weighted by Gasteiger charge is -2.13. The molecule has 1 aromatic heterocycles. The number of carboxylic acid groups (broad SMARTS) is 1. The number of aromatic carboxylic acids is 1. The van der Waals surface area contributed by atoms with E-state index in [9.17, 15) is 29.1 Å². The van der Waals surface area contributed by atoms with Gasteiger partial charge in [0.05, 0.1) is 11.1 Å². The van der Waals surface area contributed by atoms with Gasteiger partial charge in [0.2, 0.25) is 11.8 Å². The van der Waals surface area contributed by atoms with Gasteiger partial charge in [0.15, 0.2) is 5.69 Å². The summed E-state index contributed by atoms with van der Waals surface area (Å²) in [6.45, 7) is -0.442. The van der Waals surface area contributed by atoms with Gasteiger partial charge in [0.1, 0.15) is 6.54 Å². The van der Waals surface area contributed by atoms with Crippen molar-refractivity contribution in [1.82, 2.24) is 20.0 Å². The molecule has 1 aliphatic rings. The first kappa shape index (κ1) is 18.6. The van der Waals surface area contributed by atoms with Crippen LogP contribution in [0.1, 0.15) is 10.5 Å². The molecule has 0 spiro atoms. The third-order valence-corrected chi connectivity index (χ3v) is 4.72. The number of benzene rings is 1. The molecule has 10 nitrogen and oxygen atoms in total. The van der Waals surface area contributed by atoms with Gasteiger partial charge in [-0.3, -0.25) is 24.1 Å². The van der Waals surface area contributed by atoms with Gasteiger partial charge in [0, 0.05) is 18.5 Å². The highest BCUT2D eigenvalue weighted by Gasteiger charge is 2.29. The molecule has 0 atom stereocenters. The Hall–Kier alpha value is -3.21. The number of imide groups is 1. The molecule has 2 heterocycles. The van der Waals surface area contributed by atoms with Crippen LogP contribution in [0.3, 0.4) is 0 Å². The maximum Gasteiger partial charge on any atom is 0.357 e. The third kappa shape index (κ3) is 3.82. The van der Waals surface area contributed by atoms with Gasteiger partial charge < -0.3 is 10.4 Å². The van der Waals surface area contributed by atoms with Gasteiger partial charge in [-0.05, 0) is 6.07 Å². The predicted octanol–water partition coefficient (Wildman–Crippen LogP) is -0.0937. The second kappa shape index (κ2) is 7.58. The number of nitrogens with zero attached hydrogens (tertiary/aromatic N) is 3. The molecule has 140 valence electrons. The zero-order valence-corrected chi connectivity index (χ0v) is 14.7. The number of hydrogen-bond donors (Lipinski definition) is 2. The Kier molecular flexibility index (Phi) is 5.21. The quantitative estimate of drug-likeness (QED) is 0.697. The minimum Gasteiger partial charge on any atom is -0.476 e. The van der Waals surface area contributed by atoms with Crippen molar-refractivity contribution in [3.63, 3.8) is 0 Å². The van der Waals surface area contributed by atoms with Crippen LogP contribution < -0.4 is 10.9 Å². The Labute approximate surface area is 156 Å². The fraction of sp³-hybridized carbons (Fsp3) is 0.250. The van der Waals surface area contributed by atoms with E-state index >= 15 is 0 Å². The molecule has 3 amide bonds. The van der Waals surface area contributed by atoms with Crippen LogP contribution >= 0.6 is 11.8 Å². The molecule has 0 unspecified atom stereocenters. The van der Waals surface area contributed by atoms with Crippen LogP contribution in [0.25, 0.3) is 10.8 Å². The number of rotatable bonds is 6. The molecule has 0 bridgehead atoms. The topological polar surface area (TPSA) is 139 Å². The molecule has 2 N–H and O–H groups in total. The molecule has 0 saturated carbocycles. The summed E-state index contributed by atoms with van der Waals surface area (Å²) in [4.78, 5) is 59.9. The maximum atomic E-state index is 12.4. The molecule has 1 aliphatic heterocycles. The molecule has 1 saturated heterocycles. The number of hydrogen-bond acceptors (Lipinski definition) is 7. The number of fused-ring (bicyclic) bond motifs is 1. The SMILES string of the molecule is O=C(Cn1nc(C(=O)O)c2ccccc2c1=O)NCCN1C(=O)CSC1=O. The van der Waals surface area contributed by atoms with Crippen molar-refractivity contribution in [3.8, 4) is 0 Å². The molecule has 1 aromatic carbocycles. The smallest absolute Gasteiger partial charge is 0.357 e. The third-order valence-electron chi connectivity index (χ3n) is 3.86. The van der Waals surface area contributed by atoms with E-state index in [2.05, 4.69) is 10.4 Å². The van der Waals surface area contributed by atoms with Crippen molar-refractivity contribution in [3.05, 3.63) is 40.3 Å². The average molecular weight is 390 g/mol. The van der Waals surface area contributed by atoms with Crippen LogP contribution in [0.5, 0.6) is 0 Å². The van der Waals surface area contributed by atoms with Crippen LogP contribution in [0, 0.1) is 0 Å². The van der Waals surface area contributed by atoms with E-state index in [1.807, 2.05) is 0 Å². The highest BCUT2D eigenvalue weighted by molar-refractivity contribution is 8.14. The van der Waals surface area contributed by atoms with Gasteiger partial charge >= 0.3 is 5.97 Å². The second-order valence-corrected chi connectivity index (χ2v) is 6.54. The normalized spacial score (nSPS) is 14.0. The number of carbonyl (C=O) groups is 4. The fourth-order valence-electron chi connectivity index (χ4n) is 2.60. The molecular formula is C16H14N4O6S. The van der Waals surface area contributed by atoms with Gasteiger partial charge in [-0.15, -0.1) is 0 Å². The van der Waals surface area contributed by atoms with E-state index in [1.54, 1.807) is 12.1 Å². The summed E-state index contributed by atoms with van der Waals surface area (Å²) in [5.74, 6) is -2.15. The van der Waals surface area contributed by atoms with Gasteiger partial charge in [-0.2, -0.15) is 5.10 Å². The molecule has 0 radical (unpaired) electrons. The number of amides is 3. The summed E-state index contributed by atoms with van der Waals surface area (Å²) in [5.41, 5.74) is -0.921. The Morgan fingerprint density at radius 3 is 2.52 bits per heavy atom. The molecule has 11 heteroatoms. The zero-order valence-electron chi connectivity index (χ0n) is 13.9. The van der Waals surface area contributed by atoms with Crippen molar-refractivity contribution in [1.29, 1.82) is 0 Å². The highest BCUT2D eigenvalue weighted by atomic mass is 32.2. The first-order chi connectivity index (χ1) is 12.9. The lowest BCUT2D eigenvalue weighted by Crippen LogP contribution is -2.40. The number of thioether (sulfide) groups is 1. The number of nitrogens with one attached hydrogen (secondary N) is 1. The number of aromatic nitrogens is 2. The Morgan fingerprint density at radius 1 is 1.19 bits per heavy atom. The minimum atomic E-state index is -1.32. The zero-order chi connectivity index (χ0) is 19.6. The van der Waals surface area contributed by atoms with E-state index in [0.717, 1.165) is 21.3 Å². The predicted molar refractivity (Wildman–Crippen MR) is 95.5 cm³/mol. The Morgan fingerprint density at radius 2 is 1.89 bits per heavy atom. The first-order valence-electron chi connectivity index (χ1n) is 7.85. The average Bonchev–Trinajstić information content (AvgIpc) is 2.96. The number of carboxylic acids is 1. The van der Waals surface area contributed by atoms with Gasteiger partial charge in [-0.25, -0.2) is 9.48 Å². The highest BCUT2D eigenvalue weighted by Crippen LogP contribution is 2.17. The van der Waals surface area contributed by atoms with Crippen molar-refractivity contribution in [2.75, 3.05) is 18.8 Å². The monoisotopic (exact) mass is 390 g/mol. The number of carbonyl (C=O) groups excluding carboxylic acids is 3. The molecule has 1 fully saturated rings. The molecule has 2 aromatic rings. The molecular weight excluding hydrogens is 376 g/mol. The van der Waals surface area contributed by atoms with E-state index in [4.69, 9.17) is 0 Å². The Bertz CT molecular complexity index is 1000. The lowest BCUT2D eigenvalue weighted by atomic mass is 10.1. The van der Waals surface area contributed by atoms with Crippen LogP contribution in [0.2, 0.25) is 0 Å². The van der Waals surface area contributed by atoms with Crippen molar-refractivity contribution >= 4 is 45.6 Å². The van der Waals surface area contributed by atoms with Gasteiger partial charge in [0.25, 0.3) is 10.8 Å². The van der Waals surface area contributed by atoms with E-state index in [-0.39, 0.29) is 46.5 Å². The standard InChI is InChI=1S/C16H14N4O6S/c21-11(17-5-6-19-12(22)8-27-16(19)26)7-20-14(23)10-4-2-1-3-9(10)13(18-20)15(24)25/h1-4H,5-8H2,(H,17,21)(H,24,25). The summed E-state index contributed by atoms with van der Waals surface area (Å²) in [7, 11) is 0. The van der Waals surface area contributed by atoms with Crippen LogP contribution in [0.15, 0.2) is 29.1 Å². The fourth-order valence-corrected chi connectivity index (χ4v) is 3.35. The van der Waals surface area contributed by atoms with Crippen molar-refractivity contribution < 1.29 is 24.3 Å².